The highest BCUT2D eigenvalue weighted by Gasteiger charge is 2.20. The summed E-state index contributed by atoms with van der Waals surface area (Å²) >= 11 is 0. The Morgan fingerprint density at radius 3 is 2.89 bits per heavy atom. The van der Waals surface area contributed by atoms with Crippen LogP contribution in [0, 0.1) is 0 Å². The molecule has 1 amide bonds. The predicted octanol–water partition coefficient (Wildman–Crippen LogP) is 0.811. The molecule has 0 atom stereocenters. The van der Waals surface area contributed by atoms with Gasteiger partial charge in [-0.15, -0.1) is 0 Å². The molecule has 0 saturated heterocycles. The van der Waals surface area contributed by atoms with Crippen LogP contribution in [0.3, 0.4) is 0 Å². The minimum Gasteiger partial charge on any atom is -0.497 e. The summed E-state index contributed by atoms with van der Waals surface area (Å²) in [5.74, 6) is 0.852. The standard InChI is InChI=1S/C13H18N2O3/c1-17-11-5-2-9(7-15-10-3-4-10)12(6-11)18-8-13(14)16/h2,5-6,10,15H,3-4,7-8H2,1H3,(H2,14,16). The van der Waals surface area contributed by atoms with Crippen LogP contribution < -0.4 is 20.5 Å². The zero-order valence-corrected chi connectivity index (χ0v) is 10.4. The molecule has 1 aromatic rings. The van der Waals surface area contributed by atoms with Crippen molar-refractivity contribution >= 4 is 5.91 Å². The van der Waals surface area contributed by atoms with E-state index in [1.54, 1.807) is 13.2 Å². The van der Waals surface area contributed by atoms with E-state index in [2.05, 4.69) is 5.32 Å². The van der Waals surface area contributed by atoms with Gasteiger partial charge in [-0.05, 0) is 18.9 Å². The van der Waals surface area contributed by atoms with Crippen molar-refractivity contribution in [1.29, 1.82) is 0 Å². The molecule has 2 rings (SSSR count). The monoisotopic (exact) mass is 250 g/mol. The van der Waals surface area contributed by atoms with Gasteiger partial charge in [0.05, 0.1) is 7.11 Å². The van der Waals surface area contributed by atoms with Crippen LogP contribution in [0.1, 0.15) is 18.4 Å². The van der Waals surface area contributed by atoms with Gasteiger partial charge in [0.15, 0.2) is 6.61 Å². The molecule has 1 saturated carbocycles. The van der Waals surface area contributed by atoms with E-state index in [0.717, 1.165) is 12.1 Å². The molecule has 1 aliphatic carbocycles. The van der Waals surface area contributed by atoms with Gasteiger partial charge in [0.25, 0.3) is 5.91 Å². The fraction of sp³-hybridized carbons (Fsp3) is 0.462. The molecule has 1 aromatic carbocycles. The number of carbonyl (C=O) groups is 1. The van der Waals surface area contributed by atoms with Crippen LogP contribution in [-0.2, 0) is 11.3 Å². The first kappa shape index (κ1) is 12.7. The molecule has 3 N–H and O–H groups in total. The second-order valence-electron chi connectivity index (χ2n) is 4.38. The quantitative estimate of drug-likeness (QED) is 0.751. The van der Waals surface area contributed by atoms with E-state index in [1.807, 2.05) is 12.1 Å². The summed E-state index contributed by atoms with van der Waals surface area (Å²) < 4.78 is 10.5. The molecule has 0 spiro atoms. The second-order valence-corrected chi connectivity index (χ2v) is 4.38. The number of benzene rings is 1. The topological polar surface area (TPSA) is 73.6 Å². The molecule has 1 fully saturated rings. The van der Waals surface area contributed by atoms with Crippen LogP contribution in [0.25, 0.3) is 0 Å². The van der Waals surface area contributed by atoms with Crippen LogP contribution in [0.4, 0.5) is 0 Å². The smallest absolute Gasteiger partial charge is 0.255 e. The first-order valence-corrected chi connectivity index (χ1v) is 6.00. The van der Waals surface area contributed by atoms with Gasteiger partial charge in [-0.3, -0.25) is 4.79 Å². The lowest BCUT2D eigenvalue weighted by Gasteiger charge is -2.12. The van der Waals surface area contributed by atoms with Crippen LogP contribution >= 0.6 is 0 Å². The van der Waals surface area contributed by atoms with E-state index in [9.17, 15) is 4.79 Å². The Balaban J connectivity index is 2.05. The average molecular weight is 250 g/mol. The second kappa shape index (κ2) is 5.73. The molecule has 0 aromatic heterocycles. The third kappa shape index (κ3) is 3.63. The Hall–Kier alpha value is -1.75. The van der Waals surface area contributed by atoms with Gasteiger partial charge in [-0.25, -0.2) is 0 Å². The third-order valence-corrected chi connectivity index (χ3v) is 2.80. The minimum atomic E-state index is -0.487. The van der Waals surface area contributed by atoms with Gasteiger partial charge in [0.1, 0.15) is 11.5 Å². The average Bonchev–Trinajstić information content (AvgIpc) is 3.18. The van der Waals surface area contributed by atoms with E-state index in [-0.39, 0.29) is 6.61 Å². The number of ether oxygens (including phenoxy) is 2. The van der Waals surface area contributed by atoms with Crippen LogP contribution in [-0.4, -0.2) is 25.7 Å². The van der Waals surface area contributed by atoms with E-state index in [1.165, 1.54) is 12.8 Å². The maximum atomic E-state index is 10.8. The molecule has 0 unspecified atom stereocenters. The van der Waals surface area contributed by atoms with Crippen molar-refractivity contribution in [2.45, 2.75) is 25.4 Å². The highest BCUT2D eigenvalue weighted by Crippen LogP contribution is 2.26. The summed E-state index contributed by atoms with van der Waals surface area (Å²) in [7, 11) is 1.59. The van der Waals surface area contributed by atoms with Crippen molar-refractivity contribution in [3.63, 3.8) is 0 Å². The van der Waals surface area contributed by atoms with Crippen molar-refractivity contribution in [2.24, 2.45) is 5.73 Å². The van der Waals surface area contributed by atoms with Crippen molar-refractivity contribution < 1.29 is 14.3 Å². The van der Waals surface area contributed by atoms with E-state index >= 15 is 0 Å². The molecule has 5 heteroatoms. The molecular weight excluding hydrogens is 232 g/mol. The minimum absolute atomic E-state index is 0.121. The summed E-state index contributed by atoms with van der Waals surface area (Å²) in [6, 6.07) is 6.20. The summed E-state index contributed by atoms with van der Waals surface area (Å²) in [5.41, 5.74) is 6.09. The zero-order valence-electron chi connectivity index (χ0n) is 10.4. The Bertz CT molecular complexity index is 430. The number of rotatable bonds is 7. The van der Waals surface area contributed by atoms with Crippen LogP contribution in [0.15, 0.2) is 18.2 Å². The molecule has 98 valence electrons. The molecule has 18 heavy (non-hydrogen) atoms. The lowest BCUT2D eigenvalue weighted by molar-refractivity contribution is -0.119. The van der Waals surface area contributed by atoms with E-state index in [4.69, 9.17) is 15.2 Å². The van der Waals surface area contributed by atoms with Crippen molar-refractivity contribution in [3.05, 3.63) is 23.8 Å². The van der Waals surface area contributed by atoms with Gasteiger partial charge < -0.3 is 20.5 Å². The normalized spacial score (nSPS) is 14.3. The van der Waals surface area contributed by atoms with Crippen molar-refractivity contribution in [2.75, 3.05) is 13.7 Å². The fourth-order valence-corrected chi connectivity index (χ4v) is 1.63. The SMILES string of the molecule is COc1ccc(CNC2CC2)c(OCC(N)=O)c1. The number of hydrogen-bond donors (Lipinski definition) is 2. The maximum Gasteiger partial charge on any atom is 0.255 e. The summed E-state index contributed by atoms with van der Waals surface area (Å²) in [4.78, 5) is 10.8. The largest absolute Gasteiger partial charge is 0.497 e. The number of primary amides is 1. The van der Waals surface area contributed by atoms with Gasteiger partial charge in [0, 0.05) is 24.2 Å². The number of amides is 1. The summed E-state index contributed by atoms with van der Waals surface area (Å²) in [6.45, 7) is 0.604. The number of methoxy groups -OCH3 is 1. The zero-order chi connectivity index (χ0) is 13.0. The molecule has 0 radical (unpaired) electrons. The van der Waals surface area contributed by atoms with Gasteiger partial charge in [-0.1, -0.05) is 6.07 Å². The fourth-order valence-electron chi connectivity index (χ4n) is 1.63. The molecule has 0 heterocycles. The molecule has 1 aliphatic rings. The van der Waals surface area contributed by atoms with Crippen molar-refractivity contribution in [1.82, 2.24) is 5.32 Å². The van der Waals surface area contributed by atoms with Crippen molar-refractivity contribution in [3.8, 4) is 11.5 Å². The van der Waals surface area contributed by atoms with Crippen LogP contribution in [0.2, 0.25) is 0 Å². The van der Waals surface area contributed by atoms with Gasteiger partial charge >= 0.3 is 0 Å². The highest BCUT2D eigenvalue weighted by atomic mass is 16.5. The summed E-state index contributed by atoms with van der Waals surface area (Å²) in [6.07, 6.45) is 2.46. The van der Waals surface area contributed by atoms with Crippen LogP contribution in [0.5, 0.6) is 11.5 Å². The van der Waals surface area contributed by atoms with E-state index in [0.29, 0.717) is 17.5 Å². The Labute approximate surface area is 106 Å². The Morgan fingerprint density at radius 1 is 1.50 bits per heavy atom. The number of nitrogens with one attached hydrogen (secondary N) is 1. The molecule has 0 bridgehead atoms. The summed E-state index contributed by atoms with van der Waals surface area (Å²) in [5, 5.41) is 3.40. The molecule has 5 nitrogen and oxygen atoms in total. The molecule has 0 aliphatic heterocycles. The Morgan fingerprint density at radius 2 is 2.28 bits per heavy atom. The number of carbonyl (C=O) groups excluding carboxylic acids is 1. The first-order valence-electron chi connectivity index (χ1n) is 6.00. The van der Waals surface area contributed by atoms with Gasteiger partial charge in [0.2, 0.25) is 0 Å². The highest BCUT2D eigenvalue weighted by molar-refractivity contribution is 5.75. The van der Waals surface area contributed by atoms with E-state index < -0.39 is 5.91 Å². The third-order valence-electron chi connectivity index (χ3n) is 2.80. The number of nitrogens with two attached hydrogens (primary N) is 1. The predicted molar refractivity (Wildman–Crippen MR) is 67.5 cm³/mol. The number of hydrogen-bond acceptors (Lipinski definition) is 4. The lowest BCUT2D eigenvalue weighted by atomic mass is 10.2. The first-order chi connectivity index (χ1) is 8.69. The molecular formula is C13H18N2O3. The van der Waals surface area contributed by atoms with Gasteiger partial charge in [-0.2, -0.15) is 0 Å². The lowest BCUT2D eigenvalue weighted by Crippen LogP contribution is -2.21. The maximum absolute atomic E-state index is 10.8. The Kier molecular flexibility index (Phi) is 4.04.